The van der Waals surface area contributed by atoms with Crippen LogP contribution in [-0.4, -0.2) is 18.0 Å². The van der Waals surface area contributed by atoms with Crippen LogP contribution in [0.4, 0.5) is 5.69 Å². The van der Waals surface area contributed by atoms with Crippen molar-refractivity contribution in [1.82, 2.24) is 0 Å². The largest absolute Gasteiger partial charge is 0.466 e. The van der Waals surface area contributed by atoms with Crippen molar-refractivity contribution >= 4 is 29.1 Å². The molecule has 0 saturated heterocycles. The number of ether oxygens (including phenoxy) is 1. The summed E-state index contributed by atoms with van der Waals surface area (Å²) in [7, 11) is 1.28. The second-order valence-electron chi connectivity index (χ2n) is 2.67. The van der Waals surface area contributed by atoms with Gasteiger partial charge in [0.05, 0.1) is 12.0 Å². The third-order valence-corrected chi connectivity index (χ3v) is 2.53. The van der Waals surface area contributed by atoms with E-state index < -0.39 is 10.9 Å². The first-order valence-electron chi connectivity index (χ1n) is 4.29. The number of rotatable bonds is 4. The molecule has 0 aromatic carbocycles. The zero-order valence-electron chi connectivity index (χ0n) is 8.45. The summed E-state index contributed by atoms with van der Waals surface area (Å²) in [5, 5.41) is 12.2. The number of esters is 1. The Kier molecular flexibility index (Phi) is 4.41. The molecule has 0 amide bonds. The summed E-state index contributed by atoms with van der Waals surface area (Å²) in [5.41, 5.74) is 0.0627. The van der Waals surface area contributed by atoms with Crippen molar-refractivity contribution in [3.63, 3.8) is 0 Å². The molecule has 0 aliphatic rings. The van der Waals surface area contributed by atoms with E-state index in [2.05, 4.69) is 4.74 Å². The highest BCUT2D eigenvalue weighted by Crippen LogP contribution is 2.25. The lowest BCUT2D eigenvalue weighted by molar-refractivity contribution is -0.384. The number of allylic oxidation sites excluding steroid dienone is 2. The maximum atomic E-state index is 10.7. The van der Waals surface area contributed by atoms with Gasteiger partial charge in [-0.2, -0.15) is 0 Å². The molecule has 1 rings (SSSR count). The SMILES string of the molecule is COC(=O)/C=C/C=C/c1sccc1[N+](=O)[O-]. The molecule has 0 atom stereocenters. The highest BCUT2D eigenvalue weighted by Gasteiger charge is 2.11. The van der Waals surface area contributed by atoms with Crippen molar-refractivity contribution in [3.8, 4) is 0 Å². The Bertz CT molecular complexity index is 447. The molecule has 0 N–H and O–H groups in total. The van der Waals surface area contributed by atoms with Crippen molar-refractivity contribution < 1.29 is 14.5 Å². The Labute approximate surface area is 95.8 Å². The fourth-order valence-electron chi connectivity index (χ4n) is 0.935. The number of thiophene rings is 1. The number of carbonyl (C=O) groups excluding carboxylic acids is 1. The molecule has 0 aliphatic heterocycles. The number of nitro groups is 1. The summed E-state index contributed by atoms with van der Waals surface area (Å²) in [5.74, 6) is -0.467. The average molecular weight is 239 g/mol. The summed E-state index contributed by atoms with van der Waals surface area (Å²) in [6.45, 7) is 0. The lowest BCUT2D eigenvalue weighted by atomic mass is 10.3. The summed E-state index contributed by atoms with van der Waals surface area (Å²) in [6, 6.07) is 1.44. The minimum Gasteiger partial charge on any atom is -0.466 e. The van der Waals surface area contributed by atoms with Gasteiger partial charge in [0, 0.05) is 12.1 Å². The van der Waals surface area contributed by atoms with Gasteiger partial charge in [-0.3, -0.25) is 10.1 Å². The summed E-state index contributed by atoms with van der Waals surface area (Å²) in [4.78, 5) is 21.4. The Morgan fingerprint density at radius 2 is 2.31 bits per heavy atom. The smallest absolute Gasteiger partial charge is 0.330 e. The van der Waals surface area contributed by atoms with Crippen LogP contribution in [0.3, 0.4) is 0 Å². The van der Waals surface area contributed by atoms with E-state index in [1.165, 1.54) is 36.7 Å². The Morgan fingerprint density at radius 3 is 2.94 bits per heavy atom. The number of hydrogen-bond acceptors (Lipinski definition) is 5. The first-order valence-corrected chi connectivity index (χ1v) is 5.17. The van der Waals surface area contributed by atoms with Gasteiger partial charge in [0.25, 0.3) is 5.69 Å². The second kappa shape index (κ2) is 5.82. The molecule has 0 saturated carbocycles. The lowest BCUT2D eigenvalue weighted by Crippen LogP contribution is -1.92. The monoisotopic (exact) mass is 239 g/mol. The Hall–Kier alpha value is -1.95. The molecule has 1 heterocycles. The van der Waals surface area contributed by atoms with Gasteiger partial charge in [-0.1, -0.05) is 12.2 Å². The van der Waals surface area contributed by atoms with Crippen LogP contribution in [0, 0.1) is 10.1 Å². The number of nitrogens with zero attached hydrogens (tertiary/aromatic N) is 1. The molecule has 16 heavy (non-hydrogen) atoms. The molecule has 0 radical (unpaired) electrons. The van der Waals surface area contributed by atoms with E-state index in [9.17, 15) is 14.9 Å². The van der Waals surface area contributed by atoms with E-state index in [4.69, 9.17) is 0 Å². The third kappa shape index (κ3) is 3.32. The minimum absolute atomic E-state index is 0.0627. The highest BCUT2D eigenvalue weighted by molar-refractivity contribution is 7.11. The van der Waals surface area contributed by atoms with Crippen LogP contribution in [0.2, 0.25) is 0 Å². The molecule has 84 valence electrons. The molecule has 5 nitrogen and oxygen atoms in total. The van der Waals surface area contributed by atoms with Crippen LogP contribution in [-0.2, 0) is 9.53 Å². The zero-order chi connectivity index (χ0) is 12.0. The first kappa shape index (κ1) is 12.1. The van der Waals surface area contributed by atoms with Gasteiger partial charge in [0.15, 0.2) is 0 Å². The quantitative estimate of drug-likeness (QED) is 0.266. The van der Waals surface area contributed by atoms with Gasteiger partial charge in [-0.25, -0.2) is 4.79 Å². The van der Waals surface area contributed by atoms with Crippen molar-refractivity contribution in [2.75, 3.05) is 7.11 Å². The van der Waals surface area contributed by atoms with E-state index in [1.807, 2.05) is 0 Å². The van der Waals surface area contributed by atoms with Crippen LogP contribution >= 0.6 is 11.3 Å². The topological polar surface area (TPSA) is 69.4 Å². The fraction of sp³-hybridized carbons (Fsp3) is 0.100. The standard InChI is InChI=1S/C10H9NO4S/c1-15-10(12)5-3-2-4-9-8(11(13)14)6-7-16-9/h2-7H,1H3/b4-2+,5-3+. The van der Waals surface area contributed by atoms with Crippen molar-refractivity contribution in [1.29, 1.82) is 0 Å². The van der Waals surface area contributed by atoms with Crippen molar-refractivity contribution in [3.05, 3.63) is 44.7 Å². The molecule has 0 unspecified atom stereocenters. The molecular weight excluding hydrogens is 230 g/mol. The van der Waals surface area contributed by atoms with Gasteiger partial charge in [0.1, 0.15) is 4.88 Å². The third-order valence-electron chi connectivity index (χ3n) is 1.66. The molecule has 0 aliphatic carbocycles. The molecule has 1 aromatic heterocycles. The van der Waals surface area contributed by atoms with E-state index in [0.29, 0.717) is 4.88 Å². The predicted octanol–water partition coefficient (Wildman–Crippen LogP) is 2.40. The van der Waals surface area contributed by atoms with Crippen LogP contribution < -0.4 is 0 Å². The van der Waals surface area contributed by atoms with E-state index in [-0.39, 0.29) is 5.69 Å². The molecule has 1 aromatic rings. The molecular formula is C10H9NO4S. The van der Waals surface area contributed by atoms with Crippen molar-refractivity contribution in [2.24, 2.45) is 0 Å². The maximum absolute atomic E-state index is 10.7. The lowest BCUT2D eigenvalue weighted by Gasteiger charge is -1.88. The summed E-state index contributed by atoms with van der Waals surface area (Å²) >= 11 is 1.26. The Balaban J connectivity index is 2.70. The van der Waals surface area contributed by atoms with Crippen LogP contribution in [0.1, 0.15) is 4.88 Å². The molecule has 0 fully saturated rings. The maximum Gasteiger partial charge on any atom is 0.330 e. The van der Waals surface area contributed by atoms with Crippen molar-refractivity contribution in [2.45, 2.75) is 0 Å². The van der Waals surface area contributed by atoms with E-state index >= 15 is 0 Å². The van der Waals surface area contributed by atoms with Crippen LogP contribution in [0.25, 0.3) is 6.08 Å². The van der Waals surface area contributed by atoms with Gasteiger partial charge >= 0.3 is 5.97 Å². The number of methoxy groups -OCH3 is 1. The first-order chi connectivity index (χ1) is 7.65. The van der Waals surface area contributed by atoms with Gasteiger partial charge < -0.3 is 4.74 Å². The van der Waals surface area contributed by atoms with E-state index in [1.54, 1.807) is 17.5 Å². The van der Waals surface area contributed by atoms with Gasteiger partial charge in [-0.15, -0.1) is 11.3 Å². The number of carbonyl (C=O) groups is 1. The highest BCUT2D eigenvalue weighted by atomic mass is 32.1. The summed E-state index contributed by atoms with van der Waals surface area (Å²) < 4.78 is 4.38. The number of hydrogen-bond donors (Lipinski definition) is 0. The zero-order valence-corrected chi connectivity index (χ0v) is 9.27. The fourth-order valence-corrected chi connectivity index (χ4v) is 1.70. The summed E-state index contributed by atoms with van der Waals surface area (Å²) in [6.07, 6.45) is 5.82. The molecule has 0 bridgehead atoms. The van der Waals surface area contributed by atoms with Crippen LogP contribution in [0.5, 0.6) is 0 Å². The Morgan fingerprint density at radius 1 is 1.56 bits per heavy atom. The van der Waals surface area contributed by atoms with Gasteiger partial charge in [-0.05, 0) is 11.5 Å². The second-order valence-corrected chi connectivity index (χ2v) is 3.62. The predicted molar refractivity (Wildman–Crippen MR) is 61.2 cm³/mol. The van der Waals surface area contributed by atoms with Crippen LogP contribution in [0.15, 0.2) is 29.7 Å². The average Bonchev–Trinajstić information content (AvgIpc) is 2.72. The molecule has 0 spiro atoms. The molecule has 6 heteroatoms. The minimum atomic E-state index is -0.467. The van der Waals surface area contributed by atoms with Gasteiger partial charge in [0.2, 0.25) is 0 Å². The normalized spacial score (nSPS) is 11.1. The van der Waals surface area contributed by atoms with E-state index in [0.717, 1.165) is 0 Å².